The molecule has 9 aromatic carbocycles. The zero-order valence-electron chi connectivity index (χ0n) is 32.6. The lowest BCUT2D eigenvalue weighted by Crippen LogP contribution is -2.28. The first-order chi connectivity index (χ1) is 29.2. The van der Waals surface area contributed by atoms with Gasteiger partial charge in [0, 0.05) is 33.4 Å². The number of para-hydroxylation sites is 1. The van der Waals surface area contributed by atoms with Gasteiger partial charge in [0.2, 0.25) is 0 Å². The van der Waals surface area contributed by atoms with Gasteiger partial charge in [-0.1, -0.05) is 171 Å². The SMILES string of the molecule is CCC1C(c2ccc(-c3ccc4c5c(cccc35)-c3ccccc3-4)c3oc4ccccc4c23)=NC(c2ccc3ccccc3c2)=NC1c1cccc(-c2ccccc2)c1. The molecule has 2 aliphatic rings. The van der Waals surface area contributed by atoms with E-state index in [9.17, 15) is 0 Å². The average molecular weight is 755 g/mol. The van der Waals surface area contributed by atoms with Crippen molar-refractivity contribution in [2.45, 2.75) is 19.4 Å². The number of hydrogen-bond acceptors (Lipinski definition) is 3. The molecule has 2 atom stereocenters. The summed E-state index contributed by atoms with van der Waals surface area (Å²) in [6, 6.07) is 67.6. The van der Waals surface area contributed by atoms with Gasteiger partial charge in [0.25, 0.3) is 0 Å². The molecule has 0 saturated carbocycles. The van der Waals surface area contributed by atoms with Gasteiger partial charge in [-0.15, -0.1) is 0 Å². The Hall–Kier alpha value is -7.36. The van der Waals surface area contributed by atoms with Gasteiger partial charge in [0.15, 0.2) is 5.84 Å². The van der Waals surface area contributed by atoms with Gasteiger partial charge in [-0.25, -0.2) is 4.99 Å². The Labute approximate surface area is 342 Å². The second kappa shape index (κ2) is 13.4. The van der Waals surface area contributed by atoms with Crippen molar-refractivity contribution in [2.75, 3.05) is 0 Å². The number of hydrogen-bond donors (Lipinski definition) is 0. The Bertz CT molecular complexity index is 3360. The second-order valence-electron chi connectivity index (χ2n) is 15.9. The highest BCUT2D eigenvalue weighted by molar-refractivity contribution is 6.26. The summed E-state index contributed by atoms with van der Waals surface area (Å²) in [6.45, 7) is 2.27. The standard InChI is InChI=1S/C56H38N2O/c1-2-40-53(38-19-12-18-37(32-38)34-14-4-3-5-15-34)57-56(39-27-26-35-16-6-7-17-36(35)33-39)58-54(40)49-31-30-47(55-52(49)48-22-10-11-25-50(48)59-55)43-28-29-46-42-21-9-8-20-41(42)44-23-13-24-45(43)51(44)46/h3-33,40,53H,2H2,1H3. The average Bonchev–Trinajstić information content (AvgIpc) is 3.86. The van der Waals surface area contributed by atoms with Crippen molar-refractivity contribution in [3.05, 3.63) is 205 Å². The third-order valence-electron chi connectivity index (χ3n) is 12.6. The van der Waals surface area contributed by atoms with E-state index in [1.54, 1.807) is 0 Å². The van der Waals surface area contributed by atoms with Gasteiger partial charge < -0.3 is 4.42 Å². The van der Waals surface area contributed by atoms with Crippen molar-refractivity contribution in [2.24, 2.45) is 15.9 Å². The largest absolute Gasteiger partial charge is 0.455 e. The fourth-order valence-electron chi connectivity index (χ4n) is 9.88. The van der Waals surface area contributed by atoms with Crippen LogP contribution < -0.4 is 0 Å². The van der Waals surface area contributed by atoms with E-state index in [1.165, 1.54) is 66.1 Å². The normalized spacial score (nSPS) is 15.8. The van der Waals surface area contributed by atoms with Crippen molar-refractivity contribution in [3.63, 3.8) is 0 Å². The van der Waals surface area contributed by atoms with Crippen LogP contribution >= 0.6 is 0 Å². The highest BCUT2D eigenvalue weighted by Gasteiger charge is 2.34. The van der Waals surface area contributed by atoms with Crippen molar-refractivity contribution in [1.29, 1.82) is 0 Å². The van der Waals surface area contributed by atoms with Gasteiger partial charge in [-0.2, -0.15) is 0 Å². The summed E-state index contributed by atoms with van der Waals surface area (Å²) < 4.78 is 6.98. The molecule has 0 bridgehead atoms. The van der Waals surface area contributed by atoms with E-state index in [2.05, 4.69) is 195 Å². The maximum atomic E-state index is 6.98. The molecule has 0 amide bonds. The van der Waals surface area contributed by atoms with Gasteiger partial charge in [-0.3, -0.25) is 4.99 Å². The summed E-state index contributed by atoms with van der Waals surface area (Å²) in [5.41, 5.74) is 15.9. The fourth-order valence-corrected chi connectivity index (χ4v) is 9.88. The van der Waals surface area contributed by atoms with Crippen LogP contribution in [0, 0.1) is 5.92 Å². The minimum absolute atomic E-state index is 0.0169. The van der Waals surface area contributed by atoms with Crippen LogP contribution in [0.2, 0.25) is 0 Å². The van der Waals surface area contributed by atoms with E-state index in [-0.39, 0.29) is 12.0 Å². The monoisotopic (exact) mass is 754 g/mol. The van der Waals surface area contributed by atoms with E-state index >= 15 is 0 Å². The molecule has 0 spiro atoms. The van der Waals surface area contributed by atoms with E-state index in [0.29, 0.717) is 0 Å². The quantitative estimate of drug-likeness (QED) is 0.167. The maximum Gasteiger partial charge on any atom is 0.155 e. The molecule has 0 saturated heterocycles. The van der Waals surface area contributed by atoms with Gasteiger partial charge in [-0.05, 0) is 96.7 Å². The lowest BCUT2D eigenvalue weighted by Gasteiger charge is -2.30. The van der Waals surface area contributed by atoms with Crippen molar-refractivity contribution in [3.8, 4) is 44.5 Å². The Morgan fingerprint density at radius 2 is 1.12 bits per heavy atom. The van der Waals surface area contributed by atoms with Crippen molar-refractivity contribution < 1.29 is 4.42 Å². The van der Waals surface area contributed by atoms with Gasteiger partial charge in [0.1, 0.15) is 11.2 Å². The summed E-state index contributed by atoms with van der Waals surface area (Å²) >= 11 is 0. The molecule has 3 nitrogen and oxygen atoms in total. The minimum atomic E-state index is -0.149. The molecule has 0 fully saturated rings. The lowest BCUT2D eigenvalue weighted by atomic mass is 9.81. The third-order valence-corrected chi connectivity index (χ3v) is 12.6. The highest BCUT2D eigenvalue weighted by atomic mass is 16.3. The van der Waals surface area contributed by atoms with E-state index in [4.69, 9.17) is 14.4 Å². The zero-order valence-corrected chi connectivity index (χ0v) is 32.6. The molecule has 3 heteroatoms. The molecule has 2 heterocycles. The topological polar surface area (TPSA) is 37.9 Å². The summed E-state index contributed by atoms with van der Waals surface area (Å²) in [7, 11) is 0. The van der Waals surface area contributed by atoms with E-state index < -0.39 is 0 Å². The molecule has 10 aromatic rings. The summed E-state index contributed by atoms with van der Waals surface area (Å²) in [4.78, 5) is 11.2. The number of aliphatic imine (C=N–C) groups is 2. The van der Waals surface area contributed by atoms with Crippen LogP contribution in [0.15, 0.2) is 202 Å². The molecule has 0 radical (unpaired) electrons. The highest BCUT2D eigenvalue weighted by Crippen LogP contribution is 2.51. The number of benzene rings is 9. The van der Waals surface area contributed by atoms with Crippen molar-refractivity contribution in [1.82, 2.24) is 0 Å². The second-order valence-corrected chi connectivity index (χ2v) is 15.9. The summed E-state index contributed by atoms with van der Waals surface area (Å²) in [6.07, 6.45) is 0.863. The fraction of sp³-hybridized carbons (Fsp3) is 0.0714. The molecule has 1 aliphatic carbocycles. The summed E-state index contributed by atoms with van der Waals surface area (Å²) in [5, 5.41) is 7.09. The predicted molar refractivity (Wildman–Crippen MR) is 247 cm³/mol. The molecule has 2 unspecified atom stereocenters. The van der Waals surface area contributed by atoms with Crippen LogP contribution in [0.1, 0.15) is 36.1 Å². The smallest absolute Gasteiger partial charge is 0.155 e. The molecular weight excluding hydrogens is 717 g/mol. The molecule has 1 aromatic heterocycles. The number of nitrogens with zero attached hydrogens (tertiary/aromatic N) is 2. The maximum absolute atomic E-state index is 6.98. The first-order valence-electron chi connectivity index (χ1n) is 20.6. The molecule has 0 N–H and O–H groups in total. The van der Waals surface area contributed by atoms with Crippen molar-refractivity contribution >= 4 is 55.0 Å². The van der Waals surface area contributed by atoms with Crippen LogP contribution in [0.25, 0.3) is 88.0 Å². The first-order valence-corrected chi connectivity index (χ1v) is 20.6. The number of fused-ring (bicyclic) bond motifs is 7. The Morgan fingerprint density at radius 3 is 1.98 bits per heavy atom. The summed E-state index contributed by atoms with van der Waals surface area (Å²) in [5.74, 6) is 0.769. The van der Waals surface area contributed by atoms with Crippen LogP contribution in [0.3, 0.4) is 0 Å². The predicted octanol–water partition coefficient (Wildman–Crippen LogP) is 14.9. The van der Waals surface area contributed by atoms with Gasteiger partial charge in [0.05, 0.1) is 11.8 Å². The number of furan rings is 1. The molecular formula is C56H38N2O. The Morgan fingerprint density at radius 1 is 0.458 bits per heavy atom. The molecule has 12 rings (SSSR count). The molecule has 278 valence electrons. The van der Waals surface area contributed by atoms with Gasteiger partial charge >= 0.3 is 0 Å². The van der Waals surface area contributed by atoms with E-state index in [0.717, 1.165) is 56.6 Å². The van der Waals surface area contributed by atoms with E-state index in [1.807, 2.05) is 0 Å². The van der Waals surface area contributed by atoms with Crippen LogP contribution in [-0.4, -0.2) is 11.5 Å². The Kier molecular flexibility index (Phi) is 7.64. The van der Waals surface area contributed by atoms with Crippen LogP contribution in [0.5, 0.6) is 0 Å². The number of amidine groups is 1. The number of rotatable bonds is 6. The first kappa shape index (κ1) is 33.7. The third kappa shape index (κ3) is 5.28. The minimum Gasteiger partial charge on any atom is -0.455 e. The molecule has 1 aliphatic heterocycles. The van der Waals surface area contributed by atoms with Crippen LogP contribution in [-0.2, 0) is 0 Å². The Balaban J connectivity index is 1.09. The zero-order chi connectivity index (χ0) is 39.0. The van der Waals surface area contributed by atoms with Crippen LogP contribution in [0.4, 0.5) is 0 Å². The molecule has 59 heavy (non-hydrogen) atoms. The lowest BCUT2D eigenvalue weighted by molar-refractivity contribution is 0.533.